The van der Waals surface area contributed by atoms with Crippen LogP contribution in [0.15, 0.2) is 18.2 Å². The summed E-state index contributed by atoms with van der Waals surface area (Å²) in [6, 6.07) is 3.77. The summed E-state index contributed by atoms with van der Waals surface area (Å²) in [6.45, 7) is 3.83. The Kier molecular flexibility index (Phi) is 3.26. The van der Waals surface area contributed by atoms with Gasteiger partial charge in [-0.15, -0.1) is 0 Å². The molecule has 1 atom stereocenters. The molecular formula is C12H15FN2O2. The highest BCUT2D eigenvalue weighted by molar-refractivity contribution is 5.54. The molecule has 5 heteroatoms. The lowest BCUT2D eigenvalue weighted by Gasteiger charge is -2.18. The van der Waals surface area contributed by atoms with Crippen molar-refractivity contribution in [2.75, 3.05) is 18.0 Å². The molecule has 1 fully saturated rings. The summed E-state index contributed by atoms with van der Waals surface area (Å²) >= 11 is 0. The van der Waals surface area contributed by atoms with E-state index in [1.807, 2.05) is 4.90 Å². The van der Waals surface area contributed by atoms with Crippen LogP contribution in [0.25, 0.3) is 0 Å². The fourth-order valence-corrected chi connectivity index (χ4v) is 2.25. The number of hydrogen-bond acceptors (Lipinski definition) is 3. The highest BCUT2D eigenvalue weighted by Crippen LogP contribution is 2.29. The maximum Gasteiger partial charge on any atom is 0.274 e. The first-order valence-corrected chi connectivity index (χ1v) is 5.80. The summed E-state index contributed by atoms with van der Waals surface area (Å²) < 4.78 is 13.3. The molecule has 1 aromatic rings. The molecule has 0 aliphatic carbocycles. The van der Waals surface area contributed by atoms with E-state index in [9.17, 15) is 14.5 Å². The van der Waals surface area contributed by atoms with Crippen molar-refractivity contribution in [2.45, 2.75) is 19.8 Å². The van der Waals surface area contributed by atoms with Gasteiger partial charge in [-0.2, -0.15) is 0 Å². The van der Waals surface area contributed by atoms with Crippen LogP contribution < -0.4 is 4.90 Å². The summed E-state index contributed by atoms with van der Waals surface area (Å²) in [4.78, 5) is 12.1. The average molecular weight is 238 g/mol. The maximum absolute atomic E-state index is 13.3. The topological polar surface area (TPSA) is 46.4 Å². The summed E-state index contributed by atoms with van der Waals surface area (Å²) in [5, 5.41) is 10.7. The molecule has 0 aromatic heterocycles. The zero-order valence-electron chi connectivity index (χ0n) is 9.73. The van der Waals surface area contributed by atoms with Gasteiger partial charge in [0.1, 0.15) is 5.82 Å². The van der Waals surface area contributed by atoms with E-state index in [0.29, 0.717) is 11.6 Å². The number of anilines is 1. The second-order valence-corrected chi connectivity index (χ2v) is 4.43. The second-order valence-electron chi connectivity index (χ2n) is 4.43. The van der Waals surface area contributed by atoms with Gasteiger partial charge in [-0.1, -0.05) is 13.3 Å². The molecule has 0 radical (unpaired) electrons. The minimum Gasteiger partial charge on any atom is -0.371 e. The molecule has 0 spiro atoms. The third kappa shape index (κ3) is 2.54. The Morgan fingerprint density at radius 3 is 2.88 bits per heavy atom. The minimum absolute atomic E-state index is 0.181. The summed E-state index contributed by atoms with van der Waals surface area (Å²) in [6.07, 6.45) is 2.16. The van der Waals surface area contributed by atoms with E-state index < -0.39 is 10.7 Å². The van der Waals surface area contributed by atoms with E-state index >= 15 is 0 Å². The summed E-state index contributed by atoms with van der Waals surface area (Å²) in [5.41, 5.74) is 0.438. The number of halogens is 1. The minimum atomic E-state index is -0.556. The first kappa shape index (κ1) is 11.8. The van der Waals surface area contributed by atoms with Crippen molar-refractivity contribution in [1.29, 1.82) is 0 Å². The molecule has 1 saturated heterocycles. The molecule has 0 saturated carbocycles. The zero-order valence-corrected chi connectivity index (χ0v) is 9.73. The highest BCUT2D eigenvalue weighted by atomic mass is 19.1. The van der Waals surface area contributed by atoms with Gasteiger partial charge in [0.15, 0.2) is 0 Å². The Morgan fingerprint density at radius 2 is 2.29 bits per heavy atom. The number of hydrogen-bond donors (Lipinski definition) is 0. The van der Waals surface area contributed by atoms with Gasteiger partial charge in [0.05, 0.1) is 11.0 Å². The molecule has 2 rings (SSSR count). The molecule has 92 valence electrons. The molecule has 1 aromatic carbocycles. The van der Waals surface area contributed by atoms with E-state index in [1.54, 1.807) is 0 Å². The molecule has 1 aliphatic rings. The van der Waals surface area contributed by atoms with Crippen LogP contribution in [0.3, 0.4) is 0 Å². The van der Waals surface area contributed by atoms with Gasteiger partial charge in [-0.25, -0.2) is 4.39 Å². The fourth-order valence-electron chi connectivity index (χ4n) is 2.25. The van der Waals surface area contributed by atoms with Gasteiger partial charge in [-0.3, -0.25) is 10.1 Å². The monoisotopic (exact) mass is 238 g/mol. The predicted octanol–water partition coefficient (Wildman–Crippen LogP) is 2.97. The van der Waals surface area contributed by atoms with Crippen LogP contribution in [-0.2, 0) is 0 Å². The van der Waals surface area contributed by atoms with Gasteiger partial charge >= 0.3 is 0 Å². The molecule has 1 unspecified atom stereocenters. The Labute approximate surface area is 99.2 Å². The van der Waals surface area contributed by atoms with Gasteiger partial charge in [0.2, 0.25) is 0 Å². The smallest absolute Gasteiger partial charge is 0.274 e. The third-order valence-electron chi connectivity index (χ3n) is 3.31. The molecule has 0 amide bonds. The molecular weight excluding hydrogens is 223 g/mol. The highest BCUT2D eigenvalue weighted by Gasteiger charge is 2.23. The van der Waals surface area contributed by atoms with E-state index in [4.69, 9.17) is 0 Å². The largest absolute Gasteiger partial charge is 0.371 e. The van der Waals surface area contributed by atoms with Crippen LogP contribution in [0.4, 0.5) is 15.8 Å². The number of non-ortho nitro benzene ring substituents is 1. The van der Waals surface area contributed by atoms with Gasteiger partial charge < -0.3 is 4.90 Å². The first-order chi connectivity index (χ1) is 8.10. The lowest BCUT2D eigenvalue weighted by atomic mass is 10.1. The Morgan fingerprint density at radius 1 is 1.53 bits per heavy atom. The summed E-state index contributed by atoms with van der Waals surface area (Å²) in [5.74, 6) is 0.0615. The standard InChI is InChI=1S/C12H15FN2O2/c1-2-9-3-4-14(8-9)11-5-10(13)6-12(7-11)15(16)17/h5-7,9H,2-4,8H2,1H3. The van der Waals surface area contributed by atoms with Crippen LogP contribution in [0, 0.1) is 21.8 Å². The quantitative estimate of drug-likeness (QED) is 0.600. The van der Waals surface area contributed by atoms with Crippen molar-refractivity contribution in [3.05, 3.63) is 34.1 Å². The van der Waals surface area contributed by atoms with E-state index in [0.717, 1.165) is 32.0 Å². The van der Waals surface area contributed by atoms with Crippen LogP contribution >= 0.6 is 0 Å². The normalized spacial score (nSPS) is 19.6. The molecule has 0 bridgehead atoms. The third-order valence-corrected chi connectivity index (χ3v) is 3.31. The molecule has 17 heavy (non-hydrogen) atoms. The first-order valence-electron chi connectivity index (χ1n) is 5.80. The number of nitrogens with zero attached hydrogens (tertiary/aromatic N) is 2. The van der Waals surface area contributed by atoms with E-state index in [1.165, 1.54) is 12.1 Å². The molecule has 1 aliphatic heterocycles. The maximum atomic E-state index is 13.3. The van der Waals surface area contributed by atoms with Gasteiger partial charge in [-0.05, 0) is 18.4 Å². The summed E-state index contributed by atoms with van der Waals surface area (Å²) in [7, 11) is 0. The second kappa shape index (κ2) is 4.69. The predicted molar refractivity (Wildman–Crippen MR) is 63.7 cm³/mol. The fraction of sp³-hybridized carbons (Fsp3) is 0.500. The number of benzene rings is 1. The van der Waals surface area contributed by atoms with Gasteiger partial charge in [0.25, 0.3) is 5.69 Å². The van der Waals surface area contributed by atoms with Crippen LogP contribution in [0.1, 0.15) is 19.8 Å². The van der Waals surface area contributed by atoms with Crippen molar-refractivity contribution in [1.82, 2.24) is 0 Å². The number of nitro benzene ring substituents is 1. The lowest BCUT2D eigenvalue weighted by molar-refractivity contribution is -0.385. The number of rotatable bonds is 3. The zero-order chi connectivity index (χ0) is 12.4. The Hall–Kier alpha value is -1.65. The van der Waals surface area contributed by atoms with Crippen molar-refractivity contribution in [3.8, 4) is 0 Å². The van der Waals surface area contributed by atoms with Crippen LogP contribution in [0.2, 0.25) is 0 Å². The van der Waals surface area contributed by atoms with Crippen LogP contribution in [-0.4, -0.2) is 18.0 Å². The van der Waals surface area contributed by atoms with Gasteiger partial charge in [0, 0.05) is 24.8 Å². The van der Waals surface area contributed by atoms with E-state index in [-0.39, 0.29) is 5.69 Å². The Bertz CT molecular complexity index is 437. The number of nitro groups is 1. The van der Waals surface area contributed by atoms with Crippen molar-refractivity contribution >= 4 is 11.4 Å². The Balaban J connectivity index is 2.24. The molecule has 4 nitrogen and oxygen atoms in total. The van der Waals surface area contributed by atoms with E-state index in [2.05, 4.69) is 6.92 Å². The van der Waals surface area contributed by atoms with Crippen molar-refractivity contribution in [2.24, 2.45) is 5.92 Å². The lowest BCUT2D eigenvalue weighted by Crippen LogP contribution is -2.19. The van der Waals surface area contributed by atoms with Crippen molar-refractivity contribution < 1.29 is 9.31 Å². The van der Waals surface area contributed by atoms with Crippen molar-refractivity contribution in [3.63, 3.8) is 0 Å². The average Bonchev–Trinajstić information content (AvgIpc) is 2.76. The SMILES string of the molecule is CCC1CCN(c2cc(F)cc([N+](=O)[O-])c2)C1. The molecule has 0 N–H and O–H groups in total. The van der Waals surface area contributed by atoms with Crippen LogP contribution in [0.5, 0.6) is 0 Å². The molecule has 1 heterocycles.